The van der Waals surface area contributed by atoms with Crippen LogP contribution >= 0.6 is 0 Å². The number of likely N-dealkylation sites (tertiary alicyclic amines) is 1. The number of carbonyl (C=O) groups is 2. The lowest BCUT2D eigenvalue weighted by molar-refractivity contribution is -0.133. The summed E-state index contributed by atoms with van der Waals surface area (Å²) in [5.41, 5.74) is 0.103. The zero-order chi connectivity index (χ0) is 19.0. The molecule has 0 radical (unpaired) electrons. The largest absolute Gasteiger partial charge is 0.497 e. The molecule has 0 unspecified atom stereocenters. The number of benzene rings is 1. The van der Waals surface area contributed by atoms with Gasteiger partial charge in [0, 0.05) is 18.8 Å². The van der Waals surface area contributed by atoms with Crippen molar-refractivity contribution >= 4 is 17.6 Å². The van der Waals surface area contributed by atoms with Crippen LogP contribution in [0.25, 0.3) is 0 Å². The van der Waals surface area contributed by atoms with Crippen LogP contribution in [0.4, 0.5) is 10.5 Å². The summed E-state index contributed by atoms with van der Waals surface area (Å²) >= 11 is 0. The van der Waals surface area contributed by atoms with Crippen molar-refractivity contribution in [2.24, 2.45) is 0 Å². The van der Waals surface area contributed by atoms with Crippen LogP contribution in [0, 0.1) is 0 Å². The summed E-state index contributed by atoms with van der Waals surface area (Å²) in [6.45, 7) is 1.40. The van der Waals surface area contributed by atoms with Gasteiger partial charge in [0.1, 0.15) is 12.3 Å². The number of aromatic nitrogens is 3. The van der Waals surface area contributed by atoms with Crippen molar-refractivity contribution in [3.8, 4) is 5.75 Å². The van der Waals surface area contributed by atoms with Crippen molar-refractivity contribution in [3.05, 3.63) is 40.6 Å². The molecule has 1 saturated heterocycles. The first-order chi connectivity index (χ1) is 13.1. The summed E-state index contributed by atoms with van der Waals surface area (Å²) in [6, 6.07) is 6.67. The molecule has 2 aliphatic rings. The second-order valence-electron chi connectivity index (χ2n) is 6.69. The van der Waals surface area contributed by atoms with Gasteiger partial charge in [-0.2, -0.15) is 9.67 Å². The topological polar surface area (TPSA) is 89.7 Å². The van der Waals surface area contributed by atoms with Crippen molar-refractivity contribution in [1.82, 2.24) is 19.2 Å². The summed E-state index contributed by atoms with van der Waals surface area (Å²) in [6.07, 6.45) is 3.05. The average Bonchev–Trinajstić information content (AvgIpc) is 3.18. The lowest BCUT2D eigenvalue weighted by Gasteiger charge is -2.26. The predicted octanol–water partition coefficient (Wildman–Crippen LogP) is 1.05. The minimum atomic E-state index is -0.571. The summed E-state index contributed by atoms with van der Waals surface area (Å²) < 4.78 is 7.49. The van der Waals surface area contributed by atoms with Gasteiger partial charge in [0.05, 0.1) is 13.7 Å². The van der Waals surface area contributed by atoms with E-state index in [0.29, 0.717) is 30.4 Å². The van der Waals surface area contributed by atoms with Crippen LogP contribution in [-0.4, -0.2) is 51.4 Å². The molecule has 0 spiro atoms. The zero-order valence-electron chi connectivity index (χ0n) is 15.1. The van der Waals surface area contributed by atoms with Gasteiger partial charge >= 0.3 is 11.7 Å². The van der Waals surface area contributed by atoms with Crippen LogP contribution in [0.15, 0.2) is 29.1 Å². The van der Waals surface area contributed by atoms with E-state index in [4.69, 9.17) is 4.74 Å². The first kappa shape index (κ1) is 17.3. The Labute approximate surface area is 155 Å². The van der Waals surface area contributed by atoms with Crippen molar-refractivity contribution in [2.45, 2.75) is 32.4 Å². The molecule has 2 aliphatic heterocycles. The second kappa shape index (κ2) is 6.90. The number of methoxy groups -OCH3 is 1. The number of hydrogen-bond acceptors (Lipinski definition) is 5. The fourth-order valence-corrected chi connectivity index (χ4v) is 3.55. The van der Waals surface area contributed by atoms with Gasteiger partial charge in [-0.05, 0) is 43.5 Å². The Kier molecular flexibility index (Phi) is 4.43. The Morgan fingerprint density at radius 2 is 1.81 bits per heavy atom. The van der Waals surface area contributed by atoms with Crippen molar-refractivity contribution in [1.29, 1.82) is 0 Å². The van der Waals surface area contributed by atoms with Gasteiger partial charge in [-0.25, -0.2) is 14.3 Å². The standard InChI is InChI=1S/C18H21N5O4/c1-27-14-7-5-13(6-8-14)21-11-15-19-17(25)22(23(15)18(21)26)12-16(24)20-9-3-2-4-10-20/h5-8H,2-4,9-12H2,1H3. The van der Waals surface area contributed by atoms with Crippen molar-refractivity contribution in [3.63, 3.8) is 0 Å². The zero-order valence-corrected chi connectivity index (χ0v) is 15.1. The molecule has 1 fully saturated rings. The maximum atomic E-state index is 12.9. The van der Waals surface area contributed by atoms with Crippen LogP contribution in [0.1, 0.15) is 25.1 Å². The molecule has 27 heavy (non-hydrogen) atoms. The highest BCUT2D eigenvalue weighted by Crippen LogP contribution is 2.25. The van der Waals surface area contributed by atoms with Crippen LogP contribution in [0.5, 0.6) is 5.75 Å². The van der Waals surface area contributed by atoms with Gasteiger partial charge in [-0.3, -0.25) is 9.69 Å². The Morgan fingerprint density at radius 3 is 2.48 bits per heavy atom. The highest BCUT2D eigenvalue weighted by Gasteiger charge is 2.34. The van der Waals surface area contributed by atoms with E-state index >= 15 is 0 Å². The maximum Gasteiger partial charge on any atom is 0.365 e. The summed E-state index contributed by atoms with van der Waals surface area (Å²) in [7, 11) is 1.57. The highest BCUT2D eigenvalue weighted by atomic mass is 16.5. The Bertz CT molecular complexity index is 924. The van der Waals surface area contributed by atoms with Gasteiger partial charge in [0.25, 0.3) is 0 Å². The van der Waals surface area contributed by atoms with E-state index < -0.39 is 11.7 Å². The average molecular weight is 371 g/mol. The third kappa shape index (κ3) is 3.09. The first-order valence-corrected chi connectivity index (χ1v) is 9.01. The molecule has 3 heterocycles. The number of hydrogen-bond donors (Lipinski definition) is 0. The van der Waals surface area contributed by atoms with Gasteiger partial charge in [-0.15, -0.1) is 0 Å². The van der Waals surface area contributed by atoms with E-state index in [1.165, 1.54) is 9.58 Å². The van der Waals surface area contributed by atoms with Gasteiger partial charge < -0.3 is 9.64 Å². The van der Waals surface area contributed by atoms with E-state index in [-0.39, 0.29) is 19.0 Å². The number of rotatable bonds is 4. The monoisotopic (exact) mass is 371 g/mol. The molecule has 4 rings (SSSR count). The fourth-order valence-electron chi connectivity index (χ4n) is 3.55. The van der Waals surface area contributed by atoms with E-state index in [2.05, 4.69) is 4.98 Å². The molecule has 0 N–H and O–H groups in total. The van der Waals surface area contributed by atoms with Gasteiger partial charge in [0.15, 0.2) is 5.82 Å². The quantitative estimate of drug-likeness (QED) is 0.802. The summed E-state index contributed by atoms with van der Waals surface area (Å²) in [4.78, 5) is 44.9. The van der Waals surface area contributed by atoms with Crippen LogP contribution in [-0.2, 0) is 17.9 Å². The van der Waals surface area contributed by atoms with Crippen molar-refractivity contribution < 1.29 is 14.3 Å². The number of anilines is 1. The number of carbonyl (C=O) groups excluding carboxylic acids is 2. The second-order valence-corrected chi connectivity index (χ2v) is 6.69. The first-order valence-electron chi connectivity index (χ1n) is 9.01. The number of amides is 2. The molecule has 1 aromatic carbocycles. The molecule has 0 atom stereocenters. The number of fused-ring (bicyclic) bond motifs is 1. The molecular formula is C18H21N5O4. The van der Waals surface area contributed by atoms with Gasteiger partial charge in [0.2, 0.25) is 5.91 Å². The lowest BCUT2D eigenvalue weighted by Crippen LogP contribution is -2.42. The summed E-state index contributed by atoms with van der Waals surface area (Å²) in [5.74, 6) is 0.870. The number of nitrogens with zero attached hydrogens (tertiary/aromatic N) is 5. The molecule has 0 saturated carbocycles. The molecule has 1 aromatic heterocycles. The highest BCUT2D eigenvalue weighted by molar-refractivity contribution is 5.95. The molecule has 2 aromatic rings. The van der Waals surface area contributed by atoms with Crippen molar-refractivity contribution in [2.75, 3.05) is 25.1 Å². The van der Waals surface area contributed by atoms with E-state index in [1.54, 1.807) is 36.3 Å². The predicted molar refractivity (Wildman–Crippen MR) is 96.9 cm³/mol. The molecule has 2 amide bonds. The lowest BCUT2D eigenvalue weighted by atomic mass is 10.1. The molecule has 0 bridgehead atoms. The fraction of sp³-hybridized carbons (Fsp3) is 0.444. The SMILES string of the molecule is COc1ccc(N2Cc3nc(=O)n(CC(=O)N4CCCCC4)n3C2=O)cc1. The molecule has 142 valence electrons. The van der Waals surface area contributed by atoms with E-state index in [9.17, 15) is 14.4 Å². The minimum Gasteiger partial charge on any atom is -0.497 e. The molecular weight excluding hydrogens is 350 g/mol. The smallest absolute Gasteiger partial charge is 0.365 e. The molecule has 9 heteroatoms. The van der Waals surface area contributed by atoms with Gasteiger partial charge in [-0.1, -0.05) is 0 Å². The Hall–Kier alpha value is -3.10. The normalized spacial score (nSPS) is 16.6. The molecule has 9 nitrogen and oxygen atoms in total. The number of piperidine rings is 1. The maximum absolute atomic E-state index is 12.9. The number of ether oxygens (including phenoxy) is 1. The summed E-state index contributed by atoms with van der Waals surface area (Å²) in [5, 5.41) is 0. The third-order valence-corrected chi connectivity index (χ3v) is 5.02. The third-order valence-electron chi connectivity index (χ3n) is 5.02. The van der Waals surface area contributed by atoms with Crippen LogP contribution in [0.2, 0.25) is 0 Å². The van der Waals surface area contributed by atoms with Crippen LogP contribution < -0.4 is 15.3 Å². The Morgan fingerprint density at radius 1 is 1.11 bits per heavy atom. The van der Waals surface area contributed by atoms with E-state index in [1.807, 2.05) is 0 Å². The Balaban J connectivity index is 1.57. The molecule has 0 aliphatic carbocycles. The van der Waals surface area contributed by atoms with Crippen LogP contribution in [0.3, 0.4) is 0 Å². The minimum absolute atomic E-state index is 0.157. The van der Waals surface area contributed by atoms with E-state index in [0.717, 1.165) is 23.9 Å².